The summed E-state index contributed by atoms with van der Waals surface area (Å²) < 4.78 is 0. The molecule has 2 aromatic rings. The van der Waals surface area contributed by atoms with Crippen LogP contribution < -0.4 is 15.5 Å². The third kappa shape index (κ3) is 4.74. The summed E-state index contributed by atoms with van der Waals surface area (Å²) in [7, 11) is 0. The van der Waals surface area contributed by atoms with Crippen LogP contribution >= 0.6 is 11.3 Å². The van der Waals surface area contributed by atoms with Crippen LogP contribution in [0.1, 0.15) is 42.4 Å². The number of fused-ring (bicyclic) bond motifs is 1. The highest BCUT2D eigenvalue weighted by Gasteiger charge is 2.36. The number of anilines is 2. The van der Waals surface area contributed by atoms with Crippen LogP contribution in [0.2, 0.25) is 0 Å². The lowest BCUT2D eigenvalue weighted by Crippen LogP contribution is -2.49. The second-order valence-electron chi connectivity index (χ2n) is 8.67. The Kier molecular flexibility index (Phi) is 5.91. The fourth-order valence-corrected chi connectivity index (χ4v) is 4.03. The van der Waals surface area contributed by atoms with Crippen LogP contribution in [0.3, 0.4) is 0 Å². The zero-order valence-electron chi connectivity index (χ0n) is 17.3. The molecule has 1 aromatic carbocycles. The Bertz CT molecular complexity index is 931. The lowest BCUT2D eigenvalue weighted by Gasteiger charge is -2.28. The number of benzene rings is 1. The number of amides is 2. The lowest BCUT2D eigenvalue weighted by atomic mass is 9.91. The largest absolute Gasteiger partial charge is 0.318 e. The Hall–Kier alpha value is -2.51. The molecule has 0 saturated heterocycles. The molecule has 0 saturated carbocycles. The van der Waals surface area contributed by atoms with Gasteiger partial charge in [0.15, 0.2) is 5.78 Å². The topological polar surface area (TPSA) is 83.7 Å². The van der Waals surface area contributed by atoms with Crippen molar-refractivity contribution >= 4 is 40.3 Å². The summed E-state index contributed by atoms with van der Waals surface area (Å²) in [6.07, 6.45) is 0.329. The molecule has 0 fully saturated rings. The molecular weight excluding hydrogens is 386 g/mol. The monoisotopic (exact) mass is 413 g/mol. The summed E-state index contributed by atoms with van der Waals surface area (Å²) in [5.41, 5.74) is 8.08. The van der Waals surface area contributed by atoms with Gasteiger partial charge >= 0.3 is 0 Å². The van der Waals surface area contributed by atoms with Crippen molar-refractivity contribution in [2.75, 3.05) is 22.9 Å². The van der Waals surface area contributed by atoms with Crippen LogP contribution in [0.25, 0.3) is 0 Å². The Balaban J connectivity index is 2.03. The first-order valence-corrected chi connectivity index (χ1v) is 10.5. The van der Waals surface area contributed by atoms with Gasteiger partial charge in [-0.05, 0) is 41.5 Å². The molecule has 29 heavy (non-hydrogen) atoms. The van der Waals surface area contributed by atoms with E-state index in [4.69, 9.17) is 5.73 Å². The van der Waals surface area contributed by atoms with Crippen LogP contribution in [-0.2, 0) is 9.59 Å². The third-order valence-corrected chi connectivity index (χ3v) is 5.67. The molecule has 3 rings (SSSR count). The second-order valence-corrected chi connectivity index (χ2v) is 9.61. The van der Waals surface area contributed by atoms with Gasteiger partial charge in [0.05, 0.1) is 29.3 Å². The van der Waals surface area contributed by atoms with Crippen molar-refractivity contribution in [1.29, 1.82) is 0 Å². The number of carbonyl (C=O) groups is 3. The van der Waals surface area contributed by atoms with E-state index in [1.807, 2.05) is 51.3 Å². The molecule has 2 N–H and O–H groups in total. The first kappa shape index (κ1) is 21.2. The van der Waals surface area contributed by atoms with Gasteiger partial charge in [0.1, 0.15) is 6.04 Å². The average molecular weight is 414 g/mol. The molecule has 0 bridgehead atoms. The first-order valence-electron chi connectivity index (χ1n) is 9.61. The molecule has 7 heteroatoms. The van der Waals surface area contributed by atoms with Crippen molar-refractivity contribution in [3.05, 3.63) is 46.2 Å². The predicted molar refractivity (Wildman–Crippen MR) is 117 cm³/mol. The van der Waals surface area contributed by atoms with Crippen LogP contribution in [0.5, 0.6) is 0 Å². The average Bonchev–Trinajstić information content (AvgIpc) is 3.14. The van der Waals surface area contributed by atoms with E-state index in [2.05, 4.69) is 0 Å². The van der Waals surface area contributed by atoms with E-state index < -0.39 is 6.04 Å². The number of carbonyl (C=O) groups excluding carboxylic acids is 3. The van der Waals surface area contributed by atoms with Gasteiger partial charge in [-0.25, -0.2) is 0 Å². The molecule has 154 valence electrons. The van der Waals surface area contributed by atoms with Gasteiger partial charge in [-0.1, -0.05) is 32.9 Å². The van der Waals surface area contributed by atoms with Gasteiger partial charge < -0.3 is 15.5 Å². The highest BCUT2D eigenvalue weighted by atomic mass is 32.1. The molecule has 1 unspecified atom stereocenters. The van der Waals surface area contributed by atoms with Crippen molar-refractivity contribution in [3.63, 3.8) is 0 Å². The normalized spacial score (nSPS) is 17.1. The number of aryl methyl sites for hydroxylation is 1. The van der Waals surface area contributed by atoms with E-state index >= 15 is 0 Å². The van der Waals surface area contributed by atoms with E-state index in [1.54, 1.807) is 17.0 Å². The number of ketones is 1. The minimum absolute atomic E-state index is 0.0858. The molecule has 0 radical (unpaired) electrons. The lowest BCUT2D eigenvalue weighted by molar-refractivity contribution is -0.120. The van der Waals surface area contributed by atoms with E-state index in [0.29, 0.717) is 22.7 Å². The molecule has 0 aliphatic carbocycles. The van der Waals surface area contributed by atoms with Crippen molar-refractivity contribution in [3.8, 4) is 0 Å². The zero-order chi connectivity index (χ0) is 21.3. The molecule has 1 aliphatic heterocycles. The van der Waals surface area contributed by atoms with Gasteiger partial charge in [-0.15, -0.1) is 11.3 Å². The molecule has 1 aromatic heterocycles. The maximum absolute atomic E-state index is 13.1. The van der Waals surface area contributed by atoms with E-state index in [-0.39, 0.29) is 36.1 Å². The third-order valence-electron chi connectivity index (χ3n) is 4.76. The van der Waals surface area contributed by atoms with Crippen molar-refractivity contribution in [2.24, 2.45) is 11.1 Å². The van der Waals surface area contributed by atoms with Crippen LogP contribution in [0.15, 0.2) is 35.7 Å². The van der Waals surface area contributed by atoms with Crippen molar-refractivity contribution in [1.82, 2.24) is 0 Å². The SMILES string of the molecule is Cc1ccc2c(c1)N(CC(=O)c1cccs1)C(=O)C(N)CN2C(=O)CC(C)(C)C. The number of hydrogen-bond acceptors (Lipinski definition) is 5. The number of thiophene rings is 1. The Morgan fingerprint density at radius 2 is 1.93 bits per heavy atom. The quantitative estimate of drug-likeness (QED) is 0.779. The summed E-state index contributed by atoms with van der Waals surface area (Å²) in [6.45, 7) is 7.88. The standard InChI is InChI=1S/C22H27N3O3S/c1-14-7-8-16-17(10-14)25(13-18(26)19-6-5-9-29-19)21(28)15(23)12-24(16)20(27)11-22(2,3)4/h5-10,15H,11-13,23H2,1-4H3. The van der Waals surface area contributed by atoms with Crippen molar-refractivity contribution in [2.45, 2.75) is 40.2 Å². The number of Topliss-reactive ketones (excluding diaryl/α,β-unsaturated/α-hetero) is 1. The van der Waals surface area contributed by atoms with Gasteiger partial charge in [0.2, 0.25) is 11.8 Å². The van der Waals surface area contributed by atoms with Crippen LogP contribution in [0.4, 0.5) is 11.4 Å². The van der Waals surface area contributed by atoms with Crippen LogP contribution in [0, 0.1) is 12.3 Å². The number of nitrogens with two attached hydrogens (primary N) is 1. The Labute approximate surface area is 175 Å². The molecule has 2 heterocycles. The first-order chi connectivity index (χ1) is 13.6. The second kappa shape index (κ2) is 8.08. The molecular formula is C22H27N3O3S. The smallest absolute Gasteiger partial charge is 0.246 e. The number of nitrogens with zero attached hydrogens (tertiary/aromatic N) is 2. The highest BCUT2D eigenvalue weighted by molar-refractivity contribution is 7.12. The van der Waals surface area contributed by atoms with E-state index in [9.17, 15) is 14.4 Å². The molecule has 2 amide bonds. The number of hydrogen-bond donors (Lipinski definition) is 1. The summed E-state index contributed by atoms with van der Waals surface area (Å²) in [4.78, 5) is 42.5. The maximum atomic E-state index is 13.1. The number of rotatable bonds is 4. The van der Waals surface area contributed by atoms with Crippen LogP contribution in [-0.4, -0.2) is 36.7 Å². The zero-order valence-corrected chi connectivity index (χ0v) is 18.1. The molecule has 0 spiro atoms. The summed E-state index contributed by atoms with van der Waals surface area (Å²) in [5, 5.41) is 1.83. The van der Waals surface area contributed by atoms with Gasteiger partial charge in [0, 0.05) is 6.42 Å². The van der Waals surface area contributed by atoms with Gasteiger partial charge in [0.25, 0.3) is 0 Å². The van der Waals surface area contributed by atoms with Gasteiger partial charge in [-0.3, -0.25) is 14.4 Å². The summed E-state index contributed by atoms with van der Waals surface area (Å²) in [5.74, 6) is -0.590. The summed E-state index contributed by atoms with van der Waals surface area (Å²) in [6, 6.07) is 8.22. The van der Waals surface area contributed by atoms with E-state index in [0.717, 1.165) is 5.56 Å². The minimum Gasteiger partial charge on any atom is -0.318 e. The van der Waals surface area contributed by atoms with Crippen molar-refractivity contribution < 1.29 is 14.4 Å². The fourth-order valence-electron chi connectivity index (χ4n) is 3.38. The highest BCUT2D eigenvalue weighted by Crippen LogP contribution is 2.35. The fraction of sp³-hybridized carbons (Fsp3) is 0.409. The molecule has 6 nitrogen and oxygen atoms in total. The Morgan fingerprint density at radius 3 is 2.55 bits per heavy atom. The molecule has 1 atom stereocenters. The van der Waals surface area contributed by atoms with Gasteiger partial charge in [-0.2, -0.15) is 0 Å². The maximum Gasteiger partial charge on any atom is 0.246 e. The molecule has 1 aliphatic rings. The summed E-state index contributed by atoms with van der Waals surface area (Å²) >= 11 is 1.34. The van der Waals surface area contributed by atoms with E-state index in [1.165, 1.54) is 16.2 Å². The predicted octanol–water partition coefficient (Wildman–Crippen LogP) is 3.38. The minimum atomic E-state index is -0.900. The Morgan fingerprint density at radius 1 is 1.21 bits per heavy atom.